The Morgan fingerprint density at radius 1 is 1.22 bits per heavy atom. The lowest BCUT2D eigenvalue weighted by Crippen LogP contribution is -2.17. The summed E-state index contributed by atoms with van der Waals surface area (Å²) in [7, 11) is 1.66. The van der Waals surface area contributed by atoms with Crippen LogP contribution in [0.4, 0.5) is 11.6 Å². The van der Waals surface area contributed by atoms with Gasteiger partial charge in [0.1, 0.15) is 5.69 Å². The number of nitrogens with zero attached hydrogens (tertiary/aromatic N) is 2. The summed E-state index contributed by atoms with van der Waals surface area (Å²) in [5, 5.41) is 5.99. The fraction of sp³-hybridized carbons (Fsp3) is 0.353. The highest BCUT2D eigenvalue weighted by molar-refractivity contribution is 6.03. The zero-order valence-corrected chi connectivity index (χ0v) is 13.7. The van der Waals surface area contributed by atoms with E-state index in [4.69, 9.17) is 4.74 Å². The summed E-state index contributed by atoms with van der Waals surface area (Å²) in [5.74, 6) is 0.209. The van der Waals surface area contributed by atoms with Crippen LogP contribution in [-0.2, 0) is 4.74 Å². The third-order valence-corrected chi connectivity index (χ3v) is 3.29. The molecule has 0 aliphatic carbocycles. The van der Waals surface area contributed by atoms with Gasteiger partial charge in [0.25, 0.3) is 5.91 Å². The Balaban J connectivity index is 2.08. The first-order chi connectivity index (χ1) is 11.1. The zero-order chi connectivity index (χ0) is 16.7. The molecule has 6 nitrogen and oxygen atoms in total. The van der Waals surface area contributed by atoms with Crippen molar-refractivity contribution < 1.29 is 9.53 Å². The predicted octanol–water partition coefficient (Wildman–Crippen LogP) is 2.79. The van der Waals surface area contributed by atoms with E-state index in [0.717, 1.165) is 23.4 Å². The number of aryl methyl sites for hydroxylation is 2. The number of carbonyl (C=O) groups excluding carboxylic acids is 1. The molecule has 1 aromatic heterocycles. The zero-order valence-electron chi connectivity index (χ0n) is 13.7. The molecule has 0 radical (unpaired) electrons. The summed E-state index contributed by atoms with van der Waals surface area (Å²) >= 11 is 0. The Morgan fingerprint density at radius 3 is 2.74 bits per heavy atom. The van der Waals surface area contributed by atoms with Gasteiger partial charge >= 0.3 is 0 Å². The maximum absolute atomic E-state index is 12.4. The van der Waals surface area contributed by atoms with Gasteiger partial charge in [-0.1, -0.05) is 18.2 Å². The molecule has 23 heavy (non-hydrogen) atoms. The van der Waals surface area contributed by atoms with E-state index in [2.05, 4.69) is 20.6 Å². The fourth-order valence-corrected chi connectivity index (χ4v) is 2.08. The lowest BCUT2D eigenvalue weighted by molar-refractivity contribution is 0.102. The second-order valence-electron chi connectivity index (χ2n) is 5.26. The van der Waals surface area contributed by atoms with E-state index in [1.807, 2.05) is 38.1 Å². The predicted molar refractivity (Wildman–Crippen MR) is 90.9 cm³/mol. The first-order valence-corrected chi connectivity index (χ1v) is 7.55. The maximum Gasteiger partial charge on any atom is 0.274 e. The molecule has 0 saturated heterocycles. The molecule has 0 aliphatic rings. The van der Waals surface area contributed by atoms with E-state index in [9.17, 15) is 4.79 Å². The van der Waals surface area contributed by atoms with Crippen molar-refractivity contribution in [3.05, 3.63) is 47.3 Å². The number of aromatic nitrogens is 2. The van der Waals surface area contributed by atoms with Crippen LogP contribution in [0.2, 0.25) is 0 Å². The monoisotopic (exact) mass is 314 g/mol. The van der Waals surface area contributed by atoms with E-state index in [1.54, 1.807) is 13.2 Å². The van der Waals surface area contributed by atoms with Crippen molar-refractivity contribution in [2.45, 2.75) is 20.3 Å². The Morgan fingerprint density at radius 2 is 2.00 bits per heavy atom. The van der Waals surface area contributed by atoms with E-state index in [1.165, 1.54) is 0 Å². The molecule has 1 amide bonds. The minimum Gasteiger partial charge on any atom is -0.385 e. The Hall–Kier alpha value is -2.47. The molecule has 122 valence electrons. The van der Waals surface area contributed by atoms with Gasteiger partial charge in [-0.25, -0.2) is 9.97 Å². The number of methoxy groups -OCH3 is 1. The van der Waals surface area contributed by atoms with Crippen LogP contribution < -0.4 is 10.6 Å². The maximum atomic E-state index is 12.4. The molecule has 1 heterocycles. The normalized spacial score (nSPS) is 10.4. The topological polar surface area (TPSA) is 76.1 Å². The van der Waals surface area contributed by atoms with Gasteiger partial charge < -0.3 is 15.4 Å². The molecule has 2 aromatic rings. The highest BCUT2D eigenvalue weighted by atomic mass is 16.5. The van der Waals surface area contributed by atoms with Crippen LogP contribution in [0.3, 0.4) is 0 Å². The van der Waals surface area contributed by atoms with E-state index < -0.39 is 0 Å². The van der Waals surface area contributed by atoms with Crippen molar-refractivity contribution in [2.75, 3.05) is 30.9 Å². The molecule has 0 fully saturated rings. The first-order valence-electron chi connectivity index (χ1n) is 7.55. The summed E-state index contributed by atoms with van der Waals surface area (Å²) in [6, 6.07) is 9.31. The number of rotatable bonds is 7. The largest absolute Gasteiger partial charge is 0.385 e. The van der Waals surface area contributed by atoms with Gasteiger partial charge in [-0.15, -0.1) is 0 Å². The minimum absolute atomic E-state index is 0.246. The number of para-hydroxylation sites is 1. The molecule has 0 spiro atoms. The average molecular weight is 314 g/mol. The molecular formula is C17H22N4O2. The van der Waals surface area contributed by atoms with Crippen LogP contribution in [0, 0.1) is 13.8 Å². The Bertz CT molecular complexity index is 673. The molecular weight excluding hydrogens is 292 g/mol. The third kappa shape index (κ3) is 5.03. The van der Waals surface area contributed by atoms with Crippen molar-refractivity contribution in [2.24, 2.45) is 0 Å². The molecule has 2 N–H and O–H groups in total. The van der Waals surface area contributed by atoms with Crippen LogP contribution >= 0.6 is 0 Å². The van der Waals surface area contributed by atoms with Gasteiger partial charge in [-0.2, -0.15) is 0 Å². The van der Waals surface area contributed by atoms with Gasteiger partial charge in [0.05, 0.1) is 0 Å². The number of hydrogen-bond acceptors (Lipinski definition) is 5. The van der Waals surface area contributed by atoms with E-state index in [0.29, 0.717) is 24.8 Å². The number of benzene rings is 1. The number of ether oxygens (including phenoxy) is 1. The first kappa shape index (κ1) is 16.9. The van der Waals surface area contributed by atoms with Crippen molar-refractivity contribution in [3.8, 4) is 0 Å². The lowest BCUT2D eigenvalue weighted by Gasteiger charge is -2.10. The molecule has 0 atom stereocenters. The smallest absolute Gasteiger partial charge is 0.274 e. The lowest BCUT2D eigenvalue weighted by atomic mass is 10.2. The third-order valence-electron chi connectivity index (χ3n) is 3.29. The molecule has 1 aromatic carbocycles. The van der Waals surface area contributed by atoms with Crippen molar-refractivity contribution in [1.29, 1.82) is 0 Å². The second-order valence-corrected chi connectivity index (χ2v) is 5.26. The Kier molecular flexibility index (Phi) is 6.05. The van der Waals surface area contributed by atoms with Crippen LogP contribution in [0.25, 0.3) is 0 Å². The fourth-order valence-electron chi connectivity index (χ4n) is 2.08. The summed E-state index contributed by atoms with van der Waals surface area (Å²) in [6.45, 7) is 5.14. The SMILES string of the molecule is COCCCNc1nc(C)cc(C(=O)Nc2ccccc2C)n1. The summed E-state index contributed by atoms with van der Waals surface area (Å²) < 4.78 is 5.00. The number of nitrogens with one attached hydrogen (secondary N) is 2. The number of amides is 1. The van der Waals surface area contributed by atoms with Crippen LogP contribution in [0.1, 0.15) is 28.2 Å². The van der Waals surface area contributed by atoms with E-state index >= 15 is 0 Å². The van der Waals surface area contributed by atoms with Crippen LogP contribution in [0.15, 0.2) is 30.3 Å². The molecule has 6 heteroatoms. The van der Waals surface area contributed by atoms with E-state index in [-0.39, 0.29) is 5.91 Å². The van der Waals surface area contributed by atoms with Gasteiger partial charge in [0, 0.05) is 31.6 Å². The number of carbonyl (C=O) groups is 1. The Labute approximate surface area is 136 Å². The highest BCUT2D eigenvalue weighted by Crippen LogP contribution is 2.15. The van der Waals surface area contributed by atoms with Crippen molar-refractivity contribution in [1.82, 2.24) is 9.97 Å². The molecule has 0 saturated carbocycles. The quantitative estimate of drug-likeness (QED) is 0.769. The number of anilines is 2. The molecule has 2 rings (SSSR count). The number of hydrogen-bond donors (Lipinski definition) is 2. The summed E-state index contributed by atoms with van der Waals surface area (Å²) in [5.41, 5.74) is 2.87. The van der Waals surface area contributed by atoms with Crippen molar-refractivity contribution in [3.63, 3.8) is 0 Å². The highest BCUT2D eigenvalue weighted by Gasteiger charge is 2.11. The van der Waals surface area contributed by atoms with Gasteiger partial charge in [-0.05, 0) is 38.0 Å². The molecule has 0 unspecified atom stereocenters. The van der Waals surface area contributed by atoms with Crippen LogP contribution in [0.5, 0.6) is 0 Å². The van der Waals surface area contributed by atoms with Crippen LogP contribution in [-0.4, -0.2) is 36.1 Å². The minimum atomic E-state index is -0.246. The molecule has 0 aliphatic heterocycles. The van der Waals surface area contributed by atoms with Gasteiger partial charge in [-0.3, -0.25) is 4.79 Å². The van der Waals surface area contributed by atoms with Crippen molar-refractivity contribution >= 4 is 17.5 Å². The second kappa shape index (κ2) is 8.24. The summed E-state index contributed by atoms with van der Waals surface area (Å²) in [4.78, 5) is 21.0. The van der Waals surface area contributed by atoms with Gasteiger partial charge in [0.2, 0.25) is 5.95 Å². The standard InChI is InChI=1S/C17H22N4O2/c1-12-7-4-5-8-14(12)20-16(22)15-11-13(2)19-17(21-15)18-9-6-10-23-3/h4-5,7-8,11H,6,9-10H2,1-3H3,(H,20,22)(H,18,19,21). The van der Waals surface area contributed by atoms with Gasteiger partial charge in [0.15, 0.2) is 0 Å². The average Bonchev–Trinajstić information content (AvgIpc) is 2.53. The molecule has 0 bridgehead atoms. The summed E-state index contributed by atoms with van der Waals surface area (Å²) in [6.07, 6.45) is 0.846.